The van der Waals surface area contributed by atoms with Gasteiger partial charge in [-0.2, -0.15) is 0 Å². The van der Waals surface area contributed by atoms with Crippen LogP contribution < -0.4 is 9.30 Å². The van der Waals surface area contributed by atoms with Gasteiger partial charge in [0, 0.05) is 39.4 Å². The molecule has 360 valence electrons. The average molecular weight is 976 g/mol. The number of hydrogen-bond donors (Lipinski definition) is 0. The van der Waals surface area contributed by atoms with Gasteiger partial charge in [0.25, 0.3) is 6.33 Å². The molecule has 0 fully saturated rings. The molecule has 0 N–H and O–H groups in total. The third-order valence-corrected chi connectivity index (χ3v) is 15.5. The summed E-state index contributed by atoms with van der Waals surface area (Å²) in [5.74, 6) is 2.33. The molecule has 14 aromatic rings. The van der Waals surface area contributed by atoms with Gasteiger partial charge < -0.3 is 9.30 Å². The Kier molecular flexibility index (Phi) is 9.72. The normalized spacial score (nSPS) is 12.1. The fourth-order valence-corrected chi connectivity index (χ4v) is 11.9. The molecule has 10 aromatic carbocycles. The van der Waals surface area contributed by atoms with Gasteiger partial charge in [-0.25, -0.2) is 4.98 Å². The van der Waals surface area contributed by atoms with Crippen molar-refractivity contribution in [2.75, 3.05) is 0 Å². The van der Waals surface area contributed by atoms with E-state index < -0.39 is 0 Å². The molecule has 6 nitrogen and oxygen atoms in total. The van der Waals surface area contributed by atoms with E-state index in [0.717, 1.165) is 95.2 Å². The van der Waals surface area contributed by atoms with Crippen LogP contribution in [0.4, 0.5) is 0 Å². The predicted molar refractivity (Wildman–Crippen MR) is 311 cm³/mol. The molecule has 0 unspecified atom stereocenters. The number of nitrogens with zero attached hydrogens (tertiary/aromatic N) is 5. The van der Waals surface area contributed by atoms with Gasteiger partial charge in [0.15, 0.2) is 0 Å². The fourth-order valence-electron chi connectivity index (χ4n) is 11.9. The van der Waals surface area contributed by atoms with Crippen LogP contribution in [0.1, 0.15) is 26.3 Å². The summed E-state index contributed by atoms with van der Waals surface area (Å²) >= 11 is 0. The quantitative estimate of drug-likeness (QED) is 0.123. The third-order valence-electron chi connectivity index (χ3n) is 15.5. The van der Waals surface area contributed by atoms with E-state index in [1.54, 1.807) is 0 Å². The molecule has 1 aliphatic heterocycles. The first kappa shape index (κ1) is 43.8. The van der Waals surface area contributed by atoms with Crippen molar-refractivity contribution in [2.45, 2.75) is 26.2 Å². The van der Waals surface area contributed by atoms with Gasteiger partial charge in [-0.3, -0.25) is 13.7 Å². The minimum absolute atomic E-state index is 0.0295. The maximum Gasteiger partial charge on any atom is 0.269 e. The molecular formula is C70H49N5O. The Labute approximate surface area is 440 Å². The Morgan fingerprint density at radius 2 is 0.974 bits per heavy atom. The van der Waals surface area contributed by atoms with E-state index in [4.69, 9.17) is 9.72 Å². The van der Waals surface area contributed by atoms with Gasteiger partial charge in [-0.1, -0.05) is 178 Å². The fraction of sp³-hybridized carbons (Fsp3) is 0.0571. The summed E-state index contributed by atoms with van der Waals surface area (Å²) in [6, 6.07) is 85.2. The van der Waals surface area contributed by atoms with Crippen LogP contribution in [0.25, 0.3) is 122 Å². The average Bonchev–Trinajstić information content (AvgIpc) is 4.22. The number of benzene rings is 10. The second-order valence-corrected chi connectivity index (χ2v) is 20.9. The molecule has 0 saturated carbocycles. The summed E-state index contributed by atoms with van der Waals surface area (Å²) < 4.78 is 16.1. The van der Waals surface area contributed by atoms with Crippen LogP contribution in [0.2, 0.25) is 0 Å². The second kappa shape index (κ2) is 16.9. The largest absolute Gasteiger partial charge is 0.458 e. The van der Waals surface area contributed by atoms with Crippen LogP contribution in [0.15, 0.2) is 243 Å². The number of hydrogen-bond acceptors (Lipinski definition) is 2. The summed E-state index contributed by atoms with van der Waals surface area (Å²) in [7, 11) is 0. The Balaban J connectivity index is 0.908. The number of ether oxygens (including phenoxy) is 1. The van der Waals surface area contributed by atoms with E-state index in [9.17, 15) is 0 Å². The summed E-state index contributed by atoms with van der Waals surface area (Å²) in [5, 5.41) is 4.78. The highest BCUT2D eigenvalue weighted by Gasteiger charge is 2.26. The lowest BCUT2D eigenvalue weighted by Gasteiger charge is -2.20. The number of fused-ring (bicyclic) bond motifs is 13. The molecule has 6 heteroatoms. The Hall–Kier alpha value is -9.78. The maximum absolute atomic E-state index is 6.88. The minimum atomic E-state index is -0.0295. The van der Waals surface area contributed by atoms with Gasteiger partial charge in [0.05, 0.1) is 50.2 Å². The van der Waals surface area contributed by atoms with Crippen molar-refractivity contribution >= 4 is 54.6 Å². The minimum Gasteiger partial charge on any atom is -0.458 e. The monoisotopic (exact) mass is 975 g/mol. The lowest BCUT2D eigenvalue weighted by atomic mass is 9.88. The topological polar surface area (TPSA) is 40.8 Å². The first-order valence-corrected chi connectivity index (χ1v) is 26.0. The first-order valence-electron chi connectivity index (χ1n) is 26.0. The van der Waals surface area contributed by atoms with Crippen molar-refractivity contribution in [3.63, 3.8) is 0 Å². The van der Waals surface area contributed by atoms with Gasteiger partial charge >= 0.3 is 0 Å². The van der Waals surface area contributed by atoms with Crippen LogP contribution in [-0.2, 0) is 5.41 Å². The summed E-state index contributed by atoms with van der Waals surface area (Å²) in [5.41, 5.74) is 20.0. The number of para-hydroxylation sites is 5. The second-order valence-electron chi connectivity index (χ2n) is 20.9. The molecule has 0 amide bonds. The van der Waals surface area contributed by atoms with E-state index in [1.807, 2.05) is 12.3 Å². The molecule has 5 heterocycles. The zero-order valence-corrected chi connectivity index (χ0v) is 42.2. The molecule has 0 saturated heterocycles. The highest BCUT2D eigenvalue weighted by Crippen LogP contribution is 2.45. The number of pyridine rings is 1. The molecule has 1 aliphatic rings. The summed E-state index contributed by atoms with van der Waals surface area (Å²) in [6.07, 6.45) is 5.89. The standard InChI is InChI=1S/C70H49N5O/c1-70(2,3)46-38-39-71-68(41-46)75-64-32-15-11-27-57(64)59-37-35-49(43-67(59)75)76-48-19-16-18-47(42-48)72-44-73-66-40-45(50-20-8-12-29-61(50)74-62-30-13-9-25-55(62)56-26-10-14-31-63(56)74)34-36-58(66)53-23-6-4-21-51(53)52-22-5-7-24-54(52)60-28-17-33-65(72)69(60)73/h4-43H,1-3H3. The third kappa shape index (κ3) is 6.80. The van der Waals surface area contributed by atoms with E-state index in [2.05, 4.69) is 276 Å². The summed E-state index contributed by atoms with van der Waals surface area (Å²) in [4.78, 5) is 4.92. The highest BCUT2D eigenvalue weighted by atomic mass is 16.5. The van der Waals surface area contributed by atoms with E-state index >= 15 is 0 Å². The number of aromatic nitrogens is 5. The zero-order chi connectivity index (χ0) is 50.6. The number of rotatable bonds is 6. The molecule has 0 atom stereocenters. The van der Waals surface area contributed by atoms with Crippen LogP contribution in [0, 0.1) is 6.33 Å². The van der Waals surface area contributed by atoms with E-state index in [1.165, 1.54) is 43.9 Å². The van der Waals surface area contributed by atoms with Crippen LogP contribution in [-0.4, -0.2) is 18.7 Å². The summed E-state index contributed by atoms with van der Waals surface area (Å²) in [6.45, 7) is 6.72. The maximum atomic E-state index is 6.88. The molecule has 0 bridgehead atoms. The van der Waals surface area contributed by atoms with Crippen LogP contribution in [0.3, 0.4) is 0 Å². The van der Waals surface area contributed by atoms with Gasteiger partial charge in [-0.15, -0.1) is 0 Å². The number of imidazole rings is 1. The molecule has 15 rings (SSSR count). The molecule has 4 aromatic heterocycles. The van der Waals surface area contributed by atoms with Crippen molar-refractivity contribution in [3.05, 3.63) is 255 Å². The molecule has 0 aliphatic carbocycles. The SMILES string of the molecule is CC(C)(C)c1ccnc(-n2c3ccccc3c3ccc(Oc4cccc(-n5[c-][n+]6c7c(cccc75)-c5ccccc5-c5ccccc5-c5ccc(-c7ccccc7-n7c8ccccc8c8ccccc87)cc5-6)c4)cc32)c1. The Morgan fingerprint density at radius 1 is 0.421 bits per heavy atom. The van der Waals surface area contributed by atoms with Crippen LogP contribution in [0.5, 0.6) is 11.5 Å². The molecule has 0 spiro atoms. The van der Waals surface area contributed by atoms with E-state index in [-0.39, 0.29) is 5.41 Å². The van der Waals surface area contributed by atoms with E-state index in [0.29, 0.717) is 0 Å². The lowest BCUT2D eigenvalue weighted by molar-refractivity contribution is -0.571. The van der Waals surface area contributed by atoms with Gasteiger partial charge in [0.1, 0.15) is 17.3 Å². The molecule has 76 heavy (non-hydrogen) atoms. The molecule has 0 radical (unpaired) electrons. The smallest absolute Gasteiger partial charge is 0.269 e. The van der Waals surface area contributed by atoms with Crippen LogP contribution >= 0.6 is 0 Å². The zero-order valence-electron chi connectivity index (χ0n) is 42.2. The Morgan fingerprint density at radius 3 is 1.67 bits per heavy atom. The van der Waals surface area contributed by atoms with Crippen molar-refractivity contribution in [2.24, 2.45) is 0 Å². The van der Waals surface area contributed by atoms with Gasteiger partial charge in [0.2, 0.25) is 0 Å². The van der Waals surface area contributed by atoms with Crippen molar-refractivity contribution in [3.8, 4) is 78.9 Å². The van der Waals surface area contributed by atoms with Crippen molar-refractivity contribution < 1.29 is 9.30 Å². The highest BCUT2D eigenvalue weighted by molar-refractivity contribution is 6.11. The van der Waals surface area contributed by atoms with Crippen molar-refractivity contribution in [1.82, 2.24) is 18.7 Å². The lowest BCUT2D eigenvalue weighted by Crippen LogP contribution is -2.31. The van der Waals surface area contributed by atoms with Crippen molar-refractivity contribution in [1.29, 1.82) is 0 Å². The van der Waals surface area contributed by atoms with Gasteiger partial charge in [-0.05, 0) is 123 Å². The molecular weight excluding hydrogens is 927 g/mol. The Bertz CT molecular complexity index is 4620. The first-order chi connectivity index (χ1) is 37.3. The predicted octanol–water partition coefficient (Wildman–Crippen LogP) is 17.4.